The Kier molecular flexibility index (Phi) is 5.59. The van der Waals surface area contributed by atoms with Gasteiger partial charge in [-0.15, -0.1) is 0 Å². The van der Waals surface area contributed by atoms with Gasteiger partial charge in [0.1, 0.15) is 0 Å². The normalized spacial score (nSPS) is 16.5. The van der Waals surface area contributed by atoms with Crippen molar-refractivity contribution >= 4 is 0 Å². The summed E-state index contributed by atoms with van der Waals surface area (Å²) in [5, 5.41) is 0. The first-order chi connectivity index (χ1) is 11.6. The van der Waals surface area contributed by atoms with Crippen LogP contribution < -0.4 is 0 Å². The Morgan fingerprint density at radius 1 is 0.792 bits per heavy atom. The van der Waals surface area contributed by atoms with Crippen molar-refractivity contribution in [3.63, 3.8) is 0 Å². The highest BCUT2D eigenvalue weighted by molar-refractivity contribution is 5.18. The number of aromatic nitrogens is 2. The zero-order chi connectivity index (χ0) is 16.9. The molecule has 0 bridgehead atoms. The maximum Gasteiger partial charge on any atom is 0.0759 e. The van der Waals surface area contributed by atoms with E-state index in [1.54, 1.807) is 0 Å². The Morgan fingerprint density at radius 3 is 2.12 bits per heavy atom. The van der Waals surface area contributed by atoms with E-state index in [1.165, 1.54) is 5.56 Å². The molecular weight excluding hydrogens is 296 g/mol. The smallest absolute Gasteiger partial charge is 0.0759 e. The molecule has 0 unspecified atom stereocenters. The maximum atomic E-state index is 4.74. The molecule has 0 amide bonds. The average molecular weight is 324 g/mol. The van der Waals surface area contributed by atoms with Gasteiger partial charge in [0.05, 0.1) is 22.8 Å². The van der Waals surface area contributed by atoms with Crippen molar-refractivity contribution in [3.8, 4) is 0 Å². The molecule has 0 saturated carbocycles. The predicted molar refractivity (Wildman–Crippen MR) is 98.1 cm³/mol. The summed E-state index contributed by atoms with van der Waals surface area (Å²) >= 11 is 0. The third kappa shape index (κ3) is 4.40. The Morgan fingerprint density at radius 2 is 1.42 bits per heavy atom. The molecule has 0 N–H and O–H groups in total. The third-order valence-corrected chi connectivity index (χ3v) is 4.98. The fourth-order valence-corrected chi connectivity index (χ4v) is 3.23. The van der Waals surface area contributed by atoms with Gasteiger partial charge in [0.25, 0.3) is 0 Å². The Balaban J connectivity index is 1.48. The zero-order valence-electron chi connectivity index (χ0n) is 15.1. The first-order valence-electron chi connectivity index (χ1n) is 8.91. The summed E-state index contributed by atoms with van der Waals surface area (Å²) in [4.78, 5) is 14.4. The lowest BCUT2D eigenvalue weighted by molar-refractivity contribution is 0.127. The van der Waals surface area contributed by atoms with Gasteiger partial charge in [-0.05, 0) is 32.8 Å². The van der Waals surface area contributed by atoms with E-state index in [2.05, 4.69) is 52.0 Å². The van der Waals surface area contributed by atoms with Gasteiger partial charge < -0.3 is 4.90 Å². The summed E-state index contributed by atoms with van der Waals surface area (Å²) in [5.74, 6) is 0. The molecule has 1 saturated heterocycles. The molecule has 0 spiro atoms. The van der Waals surface area contributed by atoms with Crippen LogP contribution in [0, 0.1) is 20.8 Å². The molecule has 4 heteroatoms. The average Bonchev–Trinajstić information content (AvgIpc) is 2.60. The van der Waals surface area contributed by atoms with Gasteiger partial charge in [0, 0.05) is 39.3 Å². The lowest BCUT2D eigenvalue weighted by Crippen LogP contribution is -2.46. The van der Waals surface area contributed by atoms with Gasteiger partial charge in [-0.3, -0.25) is 14.9 Å². The molecule has 0 radical (unpaired) electrons. The molecule has 0 atom stereocenters. The first-order valence-corrected chi connectivity index (χ1v) is 8.91. The fraction of sp³-hybridized carbons (Fsp3) is 0.500. The number of hydrogen-bond acceptors (Lipinski definition) is 4. The predicted octanol–water partition coefficient (Wildman–Crippen LogP) is 2.76. The van der Waals surface area contributed by atoms with Crippen molar-refractivity contribution in [3.05, 3.63) is 58.7 Å². The quantitative estimate of drug-likeness (QED) is 0.846. The number of piperazine rings is 1. The molecule has 1 aliphatic heterocycles. The van der Waals surface area contributed by atoms with E-state index in [9.17, 15) is 0 Å². The monoisotopic (exact) mass is 324 g/mol. The Bertz CT molecular complexity index is 661. The summed E-state index contributed by atoms with van der Waals surface area (Å²) in [7, 11) is 0. The molecule has 1 aliphatic rings. The van der Waals surface area contributed by atoms with Crippen LogP contribution in [0.25, 0.3) is 0 Å². The standard InChI is InChI=1S/C20H28N4/c1-16-17(2)22-20(18(3)21-16)15-24-13-11-23(12-14-24)10-9-19-7-5-4-6-8-19/h4-8H,9-15H2,1-3H3. The van der Waals surface area contributed by atoms with Crippen LogP contribution in [-0.4, -0.2) is 52.5 Å². The molecule has 3 rings (SSSR count). The van der Waals surface area contributed by atoms with Crippen molar-refractivity contribution in [1.82, 2.24) is 19.8 Å². The number of rotatable bonds is 5. The largest absolute Gasteiger partial charge is 0.300 e. The fourth-order valence-electron chi connectivity index (χ4n) is 3.23. The van der Waals surface area contributed by atoms with Crippen LogP contribution in [-0.2, 0) is 13.0 Å². The molecule has 4 nitrogen and oxygen atoms in total. The molecule has 1 aromatic heterocycles. The van der Waals surface area contributed by atoms with E-state index >= 15 is 0 Å². The Hall–Kier alpha value is -1.78. The van der Waals surface area contributed by atoms with E-state index in [4.69, 9.17) is 4.98 Å². The minimum Gasteiger partial charge on any atom is -0.300 e. The number of hydrogen-bond donors (Lipinski definition) is 0. The lowest BCUT2D eigenvalue weighted by atomic mass is 10.1. The molecule has 1 fully saturated rings. The van der Waals surface area contributed by atoms with Crippen molar-refractivity contribution in [2.75, 3.05) is 32.7 Å². The lowest BCUT2D eigenvalue weighted by Gasteiger charge is -2.34. The van der Waals surface area contributed by atoms with Crippen LogP contribution in [0.4, 0.5) is 0 Å². The Labute approximate surface area is 145 Å². The molecule has 0 aliphatic carbocycles. The molecule has 24 heavy (non-hydrogen) atoms. The van der Waals surface area contributed by atoms with Gasteiger partial charge in [0.2, 0.25) is 0 Å². The second-order valence-corrected chi connectivity index (χ2v) is 6.78. The second-order valence-electron chi connectivity index (χ2n) is 6.78. The summed E-state index contributed by atoms with van der Waals surface area (Å²) in [6, 6.07) is 10.8. The molecule has 2 heterocycles. The van der Waals surface area contributed by atoms with Crippen molar-refractivity contribution < 1.29 is 0 Å². The summed E-state index contributed by atoms with van der Waals surface area (Å²) in [5.41, 5.74) is 5.74. The van der Waals surface area contributed by atoms with E-state index in [0.717, 1.165) is 68.5 Å². The maximum absolute atomic E-state index is 4.74. The summed E-state index contributed by atoms with van der Waals surface area (Å²) in [6.07, 6.45) is 1.14. The highest BCUT2D eigenvalue weighted by Gasteiger charge is 2.18. The van der Waals surface area contributed by atoms with Gasteiger partial charge in [-0.25, -0.2) is 0 Å². The summed E-state index contributed by atoms with van der Waals surface area (Å²) in [6.45, 7) is 12.7. The summed E-state index contributed by atoms with van der Waals surface area (Å²) < 4.78 is 0. The van der Waals surface area contributed by atoms with Gasteiger partial charge in [-0.1, -0.05) is 30.3 Å². The topological polar surface area (TPSA) is 32.3 Å². The SMILES string of the molecule is Cc1nc(C)c(CN2CCN(CCc3ccccc3)CC2)nc1C. The van der Waals surface area contributed by atoms with Crippen LogP contribution in [0.2, 0.25) is 0 Å². The molecule has 128 valence electrons. The van der Waals surface area contributed by atoms with Gasteiger partial charge in [-0.2, -0.15) is 0 Å². The van der Waals surface area contributed by atoms with Crippen LogP contribution in [0.5, 0.6) is 0 Å². The minimum atomic E-state index is 0.923. The van der Waals surface area contributed by atoms with Gasteiger partial charge >= 0.3 is 0 Å². The van der Waals surface area contributed by atoms with Crippen LogP contribution in [0.15, 0.2) is 30.3 Å². The molecular formula is C20H28N4. The van der Waals surface area contributed by atoms with Gasteiger partial charge in [0.15, 0.2) is 0 Å². The number of benzene rings is 1. The van der Waals surface area contributed by atoms with E-state index in [1.807, 2.05) is 13.8 Å². The minimum absolute atomic E-state index is 0.923. The van der Waals surface area contributed by atoms with E-state index in [0.29, 0.717) is 0 Å². The highest BCUT2D eigenvalue weighted by Crippen LogP contribution is 2.12. The number of nitrogens with zero attached hydrogens (tertiary/aromatic N) is 4. The molecule has 2 aromatic rings. The van der Waals surface area contributed by atoms with E-state index in [-0.39, 0.29) is 0 Å². The van der Waals surface area contributed by atoms with Crippen LogP contribution in [0.1, 0.15) is 28.3 Å². The third-order valence-electron chi connectivity index (χ3n) is 4.98. The van der Waals surface area contributed by atoms with Crippen molar-refractivity contribution in [2.24, 2.45) is 0 Å². The first kappa shape index (κ1) is 17.1. The van der Waals surface area contributed by atoms with Crippen molar-refractivity contribution in [2.45, 2.75) is 33.7 Å². The molecule has 1 aromatic carbocycles. The zero-order valence-corrected chi connectivity index (χ0v) is 15.1. The highest BCUT2D eigenvalue weighted by atomic mass is 15.3. The van der Waals surface area contributed by atoms with Crippen LogP contribution in [0.3, 0.4) is 0 Å². The second kappa shape index (κ2) is 7.86. The van der Waals surface area contributed by atoms with Crippen molar-refractivity contribution in [1.29, 1.82) is 0 Å². The number of aryl methyl sites for hydroxylation is 3. The van der Waals surface area contributed by atoms with Crippen LogP contribution >= 0.6 is 0 Å². The van der Waals surface area contributed by atoms with E-state index < -0.39 is 0 Å².